The van der Waals surface area contributed by atoms with Gasteiger partial charge in [-0.3, -0.25) is 9.48 Å². The molecule has 0 unspecified atom stereocenters. The zero-order valence-electron chi connectivity index (χ0n) is 14.0. The fourth-order valence-corrected chi connectivity index (χ4v) is 3.31. The van der Waals surface area contributed by atoms with Crippen LogP contribution in [-0.4, -0.2) is 32.6 Å². The molecule has 0 saturated carbocycles. The molecule has 1 atom stereocenters. The van der Waals surface area contributed by atoms with Gasteiger partial charge in [0, 0.05) is 24.2 Å². The molecule has 1 aromatic carbocycles. The van der Waals surface area contributed by atoms with Crippen molar-refractivity contribution < 1.29 is 4.79 Å². The van der Waals surface area contributed by atoms with Gasteiger partial charge in [0.15, 0.2) is 0 Å². The van der Waals surface area contributed by atoms with Gasteiger partial charge in [0.1, 0.15) is 11.0 Å². The number of thiazole rings is 1. The maximum absolute atomic E-state index is 12.6. The third-order valence-electron chi connectivity index (χ3n) is 3.83. The van der Waals surface area contributed by atoms with Crippen molar-refractivity contribution in [3.63, 3.8) is 0 Å². The van der Waals surface area contributed by atoms with Crippen LogP contribution in [0.4, 0.5) is 0 Å². The van der Waals surface area contributed by atoms with E-state index in [4.69, 9.17) is 0 Å². The molecule has 2 heterocycles. The molecule has 0 spiro atoms. The van der Waals surface area contributed by atoms with Crippen molar-refractivity contribution in [2.75, 3.05) is 7.05 Å². The second-order valence-corrected chi connectivity index (χ2v) is 6.74. The van der Waals surface area contributed by atoms with Crippen LogP contribution < -0.4 is 0 Å². The normalized spacial score (nSPS) is 12.1. The largest absolute Gasteiger partial charge is 0.338 e. The molecule has 0 aliphatic carbocycles. The number of aryl methyl sites for hydroxylation is 1. The number of benzene rings is 1. The van der Waals surface area contributed by atoms with E-state index in [0.29, 0.717) is 6.54 Å². The Hall–Kier alpha value is -2.47. The summed E-state index contributed by atoms with van der Waals surface area (Å²) in [5, 5.41) is 7.21. The second-order valence-electron chi connectivity index (χ2n) is 5.88. The number of likely N-dealkylation sites (N-methyl/N-ethyl adjacent to an activating group) is 1. The highest BCUT2D eigenvalue weighted by Crippen LogP contribution is 2.24. The minimum absolute atomic E-state index is 0.0207. The summed E-state index contributed by atoms with van der Waals surface area (Å²) in [6.45, 7) is 4.32. The number of hydrogen-bond acceptors (Lipinski definition) is 4. The molecule has 3 aromatic rings. The fraction of sp³-hybridized carbons (Fsp3) is 0.278. The number of nitrogens with zero attached hydrogens (tertiary/aromatic N) is 4. The highest BCUT2D eigenvalue weighted by molar-refractivity contribution is 7.13. The third kappa shape index (κ3) is 3.54. The van der Waals surface area contributed by atoms with Gasteiger partial charge in [0.05, 0.1) is 18.4 Å². The summed E-state index contributed by atoms with van der Waals surface area (Å²) < 4.78 is 1.70. The summed E-state index contributed by atoms with van der Waals surface area (Å²) in [6, 6.07) is 9.75. The molecule has 24 heavy (non-hydrogen) atoms. The lowest BCUT2D eigenvalue weighted by molar-refractivity contribution is -0.133. The lowest BCUT2D eigenvalue weighted by Gasteiger charge is -2.20. The average Bonchev–Trinajstić information content (AvgIpc) is 3.23. The topological polar surface area (TPSA) is 51.0 Å². The average molecular weight is 340 g/mol. The van der Waals surface area contributed by atoms with Crippen molar-refractivity contribution in [1.82, 2.24) is 19.7 Å². The minimum Gasteiger partial charge on any atom is -0.338 e. The smallest absolute Gasteiger partial charge is 0.247 e. The van der Waals surface area contributed by atoms with Gasteiger partial charge in [-0.1, -0.05) is 30.3 Å². The molecule has 0 bridgehead atoms. The van der Waals surface area contributed by atoms with E-state index in [1.165, 1.54) is 0 Å². The zero-order chi connectivity index (χ0) is 17.1. The summed E-state index contributed by atoms with van der Waals surface area (Å²) in [4.78, 5) is 18.9. The molecule has 5 nitrogen and oxygen atoms in total. The van der Waals surface area contributed by atoms with Crippen LogP contribution >= 0.6 is 11.3 Å². The Balaban J connectivity index is 1.67. The maximum Gasteiger partial charge on any atom is 0.247 e. The molecule has 124 valence electrons. The molecule has 0 radical (unpaired) electrons. The highest BCUT2D eigenvalue weighted by atomic mass is 32.1. The van der Waals surface area contributed by atoms with Crippen molar-refractivity contribution in [2.45, 2.75) is 26.4 Å². The Morgan fingerprint density at radius 2 is 2.08 bits per heavy atom. The van der Waals surface area contributed by atoms with Crippen molar-refractivity contribution >= 4 is 17.2 Å². The zero-order valence-corrected chi connectivity index (χ0v) is 14.8. The van der Waals surface area contributed by atoms with E-state index in [0.717, 1.165) is 21.8 Å². The number of carbonyl (C=O) groups excluding carboxylic acids is 1. The van der Waals surface area contributed by atoms with Crippen molar-refractivity contribution in [1.29, 1.82) is 0 Å². The first kappa shape index (κ1) is 16.4. The molecule has 6 heteroatoms. The summed E-state index contributed by atoms with van der Waals surface area (Å²) in [7, 11) is 1.80. The molecule has 0 aliphatic heterocycles. The van der Waals surface area contributed by atoms with Gasteiger partial charge in [0.25, 0.3) is 0 Å². The Bertz CT molecular complexity index is 824. The molecule has 0 aliphatic rings. The molecule has 3 rings (SSSR count). The maximum atomic E-state index is 12.6. The van der Waals surface area contributed by atoms with Gasteiger partial charge >= 0.3 is 0 Å². The van der Waals surface area contributed by atoms with E-state index in [1.807, 2.05) is 55.8 Å². The minimum atomic E-state index is -0.323. The fourth-order valence-electron chi connectivity index (χ4n) is 2.49. The summed E-state index contributed by atoms with van der Waals surface area (Å²) in [5.41, 5.74) is 3.05. The van der Waals surface area contributed by atoms with Crippen LogP contribution in [0.5, 0.6) is 0 Å². The van der Waals surface area contributed by atoms with E-state index in [2.05, 4.69) is 10.1 Å². The van der Waals surface area contributed by atoms with Gasteiger partial charge in [-0.2, -0.15) is 5.10 Å². The Labute approximate surface area is 145 Å². The number of rotatable bonds is 5. The van der Waals surface area contributed by atoms with Gasteiger partial charge in [-0.15, -0.1) is 11.3 Å². The molecule has 0 fully saturated rings. The molecule has 2 aromatic heterocycles. The number of aromatic nitrogens is 3. The Morgan fingerprint density at radius 3 is 2.75 bits per heavy atom. The van der Waals surface area contributed by atoms with Crippen LogP contribution in [0.15, 0.2) is 48.1 Å². The SMILES string of the molecule is Cc1cnn([C@@H](C)C(=O)N(C)Cc2csc(-c3ccccc3)n2)c1. The summed E-state index contributed by atoms with van der Waals surface area (Å²) in [5.74, 6) is 0.0207. The molecular weight excluding hydrogens is 320 g/mol. The standard InChI is InChI=1S/C18H20N4OS/c1-13-9-19-22(10-13)14(2)18(23)21(3)11-16-12-24-17(20-16)15-7-5-4-6-8-15/h4-10,12,14H,11H2,1-3H3/t14-/m0/s1. The molecular formula is C18H20N4OS. The molecule has 0 saturated heterocycles. The van der Waals surface area contributed by atoms with Crippen LogP contribution in [0, 0.1) is 6.92 Å². The van der Waals surface area contributed by atoms with E-state index in [-0.39, 0.29) is 11.9 Å². The van der Waals surface area contributed by atoms with E-state index in [9.17, 15) is 4.79 Å². The lowest BCUT2D eigenvalue weighted by Crippen LogP contribution is -2.33. The Morgan fingerprint density at radius 1 is 1.33 bits per heavy atom. The van der Waals surface area contributed by atoms with Gasteiger partial charge in [-0.05, 0) is 19.4 Å². The first-order chi connectivity index (χ1) is 11.5. The Kier molecular flexibility index (Phi) is 4.76. The predicted octanol–water partition coefficient (Wildman–Crippen LogP) is 3.53. The highest BCUT2D eigenvalue weighted by Gasteiger charge is 2.20. The number of amides is 1. The first-order valence-corrected chi connectivity index (χ1v) is 8.68. The second kappa shape index (κ2) is 6.97. The van der Waals surface area contributed by atoms with Gasteiger partial charge in [-0.25, -0.2) is 4.98 Å². The first-order valence-electron chi connectivity index (χ1n) is 7.80. The number of carbonyl (C=O) groups is 1. The third-order valence-corrected chi connectivity index (χ3v) is 4.77. The lowest BCUT2D eigenvalue weighted by atomic mass is 10.2. The van der Waals surface area contributed by atoms with E-state index >= 15 is 0 Å². The summed E-state index contributed by atoms with van der Waals surface area (Å²) in [6.07, 6.45) is 3.64. The quantitative estimate of drug-likeness (QED) is 0.714. The van der Waals surface area contributed by atoms with Gasteiger partial charge < -0.3 is 4.90 Å². The van der Waals surface area contributed by atoms with Crippen LogP contribution in [0.3, 0.4) is 0 Å². The molecule has 1 amide bonds. The number of hydrogen-bond donors (Lipinski definition) is 0. The van der Waals surface area contributed by atoms with Crippen LogP contribution in [-0.2, 0) is 11.3 Å². The van der Waals surface area contributed by atoms with Crippen molar-refractivity contribution in [3.8, 4) is 10.6 Å². The monoisotopic (exact) mass is 340 g/mol. The van der Waals surface area contributed by atoms with Crippen LogP contribution in [0.2, 0.25) is 0 Å². The van der Waals surface area contributed by atoms with E-state index in [1.54, 1.807) is 34.2 Å². The van der Waals surface area contributed by atoms with Crippen LogP contribution in [0.1, 0.15) is 24.2 Å². The van der Waals surface area contributed by atoms with Gasteiger partial charge in [0.2, 0.25) is 5.91 Å². The van der Waals surface area contributed by atoms with Crippen molar-refractivity contribution in [2.24, 2.45) is 0 Å². The summed E-state index contributed by atoms with van der Waals surface area (Å²) >= 11 is 1.60. The van der Waals surface area contributed by atoms with Crippen molar-refractivity contribution in [3.05, 3.63) is 59.4 Å². The van der Waals surface area contributed by atoms with E-state index < -0.39 is 0 Å². The predicted molar refractivity (Wildman–Crippen MR) is 95.7 cm³/mol. The van der Waals surface area contributed by atoms with Crippen LogP contribution in [0.25, 0.3) is 10.6 Å². The molecule has 0 N–H and O–H groups in total.